The lowest BCUT2D eigenvalue weighted by Gasteiger charge is -2.12. The maximum atomic E-state index is 12.1. The number of aromatic nitrogens is 3. The third-order valence-corrected chi connectivity index (χ3v) is 6.04. The molecule has 0 saturated heterocycles. The van der Waals surface area contributed by atoms with Crippen molar-refractivity contribution in [3.05, 3.63) is 83.9 Å². The summed E-state index contributed by atoms with van der Waals surface area (Å²) in [6, 6.07) is 24.7. The summed E-state index contributed by atoms with van der Waals surface area (Å²) in [5.41, 5.74) is 1.70. The number of halogens is 1. The fourth-order valence-electron chi connectivity index (χ4n) is 3.17. The Morgan fingerprint density at radius 1 is 0.941 bits per heavy atom. The molecule has 174 valence electrons. The van der Waals surface area contributed by atoms with Crippen molar-refractivity contribution in [2.24, 2.45) is 0 Å². The van der Waals surface area contributed by atoms with Gasteiger partial charge in [0.05, 0.1) is 12.4 Å². The number of hydrogen-bond acceptors (Lipinski definition) is 6. The van der Waals surface area contributed by atoms with Crippen LogP contribution in [0.15, 0.2) is 84.0 Å². The van der Waals surface area contributed by atoms with E-state index in [2.05, 4.69) is 17.1 Å². The van der Waals surface area contributed by atoms with Crippen LogP contribution in [-0.4, -0.2) is 33.1 Å². The van der Waals surface area contributed by atoms with Crippen LogP contribution in [-0.2, 0) is 9.53 Å². The minimum atomic E-state index is -0.271. The smallest absolute Gasteiger partial charge is 0.316 e. The van der Waals surface area contributed by atoms with Crippen molar-refractivity contribution in [1.82, 2.24) is 14.8 Å². The zero-order valence-corrected chi connectivity index (χ0v) is 20.3. The van der Waals surface area contributed by atoms with Gasteiger partial charge in [0.1, 0.15) is 11.5 Å². The molecule has 4 rings (SSSR count). The molecule has 0 atom stereocenters. The Kier molecular flexibility index (Phi) is 8.22. The summed E-state index contributed by atoms with van der Waals surface area (Å²) in [5.74, 6) is 2.00. The number of unbranched alkanes of at least 4 members (excludes halogenated alkanes) is 1. The molecule has 0 amide bonds. The van der Waals surface area contributed by atoms with E-state index in [1.807, 2.05) is 83.4 Å². The summed E-state index contributed by atoms with van der Waals surface area (Å²) in [6.45, 7) is 2.49. The zero-order chi connectivity index (χ0) is 23.8. The number of carbonyl (C=O) groups excluding carboxylic acids is 1. The number of thioether (sulfide) groups is 1. The Hall–Kier alpha value is -3.29. The van der Waals surface area contributed by atoms with Crippen molar-refractivity contribution in [2.75, 3.05) is 12.4 Å². The van der Waals surface area contributed by atoms with Gasteiger partial charge in [0.25, 0.3) is 0 Å². The molecule has 0 aliphatic heterocycles. The largest absolute Gasteiger partial charge is 0.465 e. The first-order valence-corrected chi connectivity index (χ1v) is 12.3. The average Bonchev–Trinajstić information content (AvgIpc) is 3.28. The van der Waals surface area contributed by atoms with Crippen LogP contribution in [0, 0.1) is 0 Å². The maximum absolute atomic E-state index is 12.1. The molecule has 1 aromatic heterocycles. The van der Waals surface area contributed by atoms with Crippen LogP contribution >= 0.6 is 23.4 Å². The molecule has 34 heavy (non-hydrogen) atoms. The first kappa shape index (κ1) is 23.9. The normalized spacial score (nSPS) is 10.8. The van der Waals surface area contributed by atoms with Gasteiger partial charge in [-0.1, -0.05) is 54.9 Å². The maximum Gasteiger partial charge on any atom is 0.316 e. The Bertz CT molecular complexity index is 1210. The van der Waals surface area contributed by atoms with E-state index in [1.54, 1.807) is 0 Å². The summed E-state index contributed by atoms with van der Waals surface area (Å²) in [7, 11) is 0. The molecule has 0 aliphatic carbocycles. The highest BCUT2D eigenvalue weighted by atomic mass is 35.5. The minimum Gasteiger partial charge on any atom is -0.465 e. The minimum absolute atomic E-state index is 0.150. The third-order valence-electron chi connectivity index (χ3n) is 4.89. The van der Waals surface area contributed by atoms with Gasteiger partial charge in [-0.25, -0.2) is 0 Å². The number of carbonyl (C=O) groups is 1. The van der Waals surface area contributed by atoms with E-state index in [0.29, 0.717) is 28.4 Å². The number of para-hydroxylation sites is 1. The number of ether oxygens (including phenoxy) is 2. The topological polar surface area (TPSA) is 66.2 Å². The number of benzene rings is 3. The standard InChI is InChI=1S/C26H24ClN3O3S/c1-2-3-17-32-24(31)18-34-26-29-28-25(19-9-11-20(27)12-10-19)30(26)21-13-15-23(16-14-21)33-22-7-5-4-6-8-22/h4-16H,2-3,17-18H2,1H3. The lowest BCUT2D eigenvalue weighted by Crippen LogP contribution is -2.09. The summed E-state index contributed by atoms with van der Waals surface area (Å²) in [5, 5.41) is 9.99. The van der Waals surface area contributed by atoms with Crippen LogP contribution in [0.1, 0.15) is 19.8 Å². The lowest BCUT2D eigenvalue weighted by atomic mass is 10.2. The molecule has 0 spiro atoms. The van der Waals surface area contributed by atoms with Gasteiger partial charge in [-0.15, -0.1) is 10.2 Å². The van der Waals surface area contributed by atoms with Gasteiger partial charge in [-0.05, 0) is 67.1 Å². The Morgan fingerprint density at radius 2 is 1.65 bits per heavy atom. The van der Waals surface area contributed by atoms with E-state index in [1.165, 1.54) is 11.8 Å². The van der Waals surface area contributed by atoms with Gasteiger partial charge in [-0.3, -0.25) is 9.36 Å². The molecule has 3 aromatic carbocycles. The molecule has 0 radical (unpaired) electrons. The summed E-state index contributed by atoms with van der Waals surface area (Å²) in [4.78, 5) is 12.1. The quantitative estimate of drug-likeness (QED) is 0.137. The number of esters is 1. The lowest BCUT2D eigenvalue weighted by molar-refractivity contribution is -0.140. The first-order valence-electron chi connectivity index (χ1n) is 11.0. The van der Waals surface area contributed by atoms with Crippen molar-refractivity contribution >= 4 is 29.3 Å². The first-order chi connectivity index (χ1) is 16.6. The van der Waals surface area contributed by atoms with E-state index in [-0.39, 0.29) is 11.7 Å². The average molecular weight is 494 g/mol. The highest BCUT2D eigenvalue weighted by molar-refractivity contribution is 7.99. The van der Waals surface area contributed by atoms with Crippen molar-refractivity contribution in [2.45, 2.75) is 24.9 Å². The number of hydrogen-bond donors (Lipinski definition) is 0. The van der Waals surface area contributed by atoms with Crippen LogP contribution in [0.2, 0.25) is 5.02 Å². The van der Waals surface area contributed by atoms with Gasteiger partial charge in [0.15, 0.2) is 11.0 Å². The highest BCUT2D eigenvalue weighted by Crippen LogP contribution is 2.30. The van der Waals surface area contributed by atoms with Gasteiger partial charge in [-0.2, -0.15) is 0 Å². The second-order valence-corrected chi connectivity index (χ2v) is 8.80. The molecule has 0 aliphatic rings. The van der Waals surface area contributed by atoms with Crippen LogP contribution in [0.3, 0.4) is 0 Å². The zero-order valence-electron chi connectivity index (χ0n) is 18.7. The molecule has 8 heteroatoms. The van der Waals surface area contributed by atoms with E-state index in [0.717, 1.165) is 29.8 Å². The van der Waals surface area contributed by atoms with Gasteiger partial charge in [0.2, 0.25) is 0 Å². The molecule has 0 unspecified atom stereocenters. The van der Waals surface area contributed by atoms with Gasteiger partial charge < -0.3 is 9.47 Å². The predicted molar refractivity (Wildman–Crippen MR) is 135 cm³/mol. The molecule has 0 fully saturated rings. The summed E-state index contributed by atoms with van der Waals surface area (Å²) < 4.78 is 13.1. The molecule has 4 aromatic rings. The van der Waals surface area contributed by atoms with Gasteiger partial charge in [0, 0.05) is 16.3 Å². The SMILES string of the molecule is CCCCOC(=O)CSc1nnc(-c2ccc(Cl)cc2)n1-c1ccc(Oc2ccccc2)cc1. The van der Waals surface area contributed by atoms with Crippen molar-refractivity contribution in [3.8, 4) is 28.6 Å². The van der Waals surface area contributed by atoms with Crippen molar-refractivity contribution in [3.63, 3.8) is 0 Å². The van der Waals surface area contributed by atoms with Gasteiger partial charge >= 0.3 is 5.97 Å². The van der Waals surface area contributed by atoms with E-state index < -0.39 is 0 Å². The van der Waals surface area contributed by atoms with Crippen LogP contribution in [0.5, 0.6) is 11.5 Å². The Morgan fingerprint density at radius 3 is 2.35 bits per heavy atom. The second kappa shape index (κ2) is 11.7. The highest BCUT2D eigenvalue weighted by Gasteiger charge is 2.18. The van der Waals surface area contributed by atoms with Crippen molar-refractivity contribution < 1.29 is 14.3 Å². The molecular weight excluding hydrogens is 470 g/mol. The molecular formula is C26H24ClN3O3S. The van der Waals surface area contributed by atoms with E-state index in [4.69, 9.17) is 21.1 Å². The molecule has 0 N–H and O–H groups in total. The van der Waals surface area contributed by atoms with Crippen molar-refractivity contribution in [1.29, 1.82) is 0 Å². The third kappa shape index (κ3) is 6.18. The van der Waals surface area contributed by atoms with Crippen LogP contribution in [0.25, 0.3) is 17.1 Å². The molecule has 0 bridgehead atoms. The van der Waals surface area contributed by atoms with E-state index >= 15 is 0 Å². The van der Waals surface area contributed by atoms with E-state index in [9.17, 15) is 4.79 Å². The summed E-state index contributed by atoms with van der Waals surface area (Å²) in [6.07, 6.45) is 1.83. The molecule has 1 heterocycles. The number of nitrogens with zero attached hydrogens (tertiary/aromatic N) is 3. The molecule has 6 nitrogen and oxygen atoms in total. The second-order valence-electron chi connectivity index (χ2n) is 7.42. The Labute approximate surface area is 207 Å². The Balaban J connectivity index is 1.59. The molecule has 0 saturated carbocycles. The van der Waals surface area contributed by atoms with Crippen LogP contribution in [0.4, 0.5) is 0 Å². The monoisotopic (exact) mass is 493 g/mol. The fourth-order valence-corrected chi connectivity index (χ4v) is 4.04. The van der Waals surface area contributed by atoms with Crippen LogP contribution < -0.4 is 4.74 Å². The predicted octanol–water partition coefficient (Wildman–Crippen LogP) is 6.82. The summed E-state index contributed by atoms with van der Waals surface area (Å²) >= 11 is 7.36. The fraction of sp³-hybridized carbons (Fsp3) is 0.192. The number of rotatable bonds is 10.